The fourth-order valence-corrected chi connectivity index (χ4v) is 2.89. The van der Waals surface area contributed by atoms with Crippen molar-refractivity contribution in [1.29, 1.82) is 0 Å². The highest BCUT2D eigenvalue weighted by Gasteiger charge is 2.57. The number of fused-ring (bicyclic) bond motifs is 1. The van der Waals surface area contributed by atoms with Crippen molar-refractivity contribution < 1.29 is 0 Å². The first-order chi connectivity index (χ1) is 5.03. The van der Waals surface area contributed by atoms with E-state index in [9.17, 15) is 0 Å². The van der Waals surface area contributed by atoms with Crippen LogP contribution in [0.4, 0.5) is 0 Å². The summed E-state index contributed by atoms with van der Waals surface area (Å²) in [6.45, 7) is 10.8. The van der Waals surface area contributed by atoms with Crippen LogP contribution in [0.2, 0.25) is 0 Å². The first-order valence-corrected chi connectivity index (χ1v) is 4.80. The lowest BCUT2D eigenvalue weighted by Gasteiger charge is -2.37. The van der Waals surface area contributed by atoms with E-state index in [4.69, 9.17) is 0 Å². The van der Waals surface area contributed by atoms with Crippen LogP contribution in [0.5, 0.6) is 0 Å². The highest BCUT2D eigenvalue weighted by atomic mass is 15.3. The Morgan fingerprint density at radius 3 is 2.27 bits per heavy atom. The number of hydrogen-bond donors (Lipinski definition) is 0. The maximum absolute atomic E-state index is 2.66. The summed E-state index contributed by atoms with van der Waals surface area (Å²) in [6.07, 6.45) is 1.50. The van der Waals surface area contributed by atoms with E-state index in [0.717, 1.165) is 17.9 Å². The Kier molecular flexibility index (Phi) is 1.39. The topological polar surface area (TPSA) is 3.24 Å². The standard InChI is InChI=1S/C10H19N/c1-7(2)11-6-8-5-9(8)10(11,3)4/h7-9H,5-6H2,1-4H3. The summed E-state index contributed by atoms with van der Waals surface area (Å²) in [5.41, 5.74) is 0.499. The van der Waals surface area contributed by atoms with Gasteiger partial charge in [0.2, 0.25) is 0 Å². The lowest BCUT2D eigenvalue weighted by Crippen LogP contribution is -2.45. The molecule has 1 saturated heterocycles. The highest BCUT2D eigenvalue weighted by molar-refractivity contribution is 5.10. The SMILES string of the molecule is CC(C)N1CC2CC2C1(C)C. The Morgan fingerprint density at radius 1 is 1.36 bits per heavy atom. The van der Waals surface area contributed by atoms with E-state index in [1.54, 1.807) is 0 Å². The van der Waals surface area contributed by atoms with Gasteiger partial charge >= 0.3 is 0 Å². The van der Waals surface area contributed by atoms with Gasteiger partial charge in [-0.2, -0.15) is 0 Å². The molecular weight excluding hydrogens is 134 g/mol. The highest BCUT2D eigenvalue weighted by Crippen LogP contribution is 2.55. The molecule has 11 heavy (non-hydrogen) atoms. The fraction of sp³-hybridized carbons (Fsp3) is 1.00. The predicted octanol–water partition coefficient (Wildman–Crippen LogP) is 2.13. The van der Waals surface area contributed by atoms with Crippen LogP contribution in [-0.4, -0.2) is 23.0 Å². The molecule has 0 aromatic heterocycles. The van der Waals surface area contributed by atoms with Gasteiger partial charge in [0.25, 0.3) is 0 Å². The molecule has 0 aromatic carbocycles. The normalized spacial score (nSPS) is 41.2. The molecule has 1 heterocycles. The van der Waals surface area contributed by atoms with E-state index in [-0.39, 0.29) is 0 Å². The minimum absolute atomic E-state index is 0.499. The second-order valence-corrected chi connectivity index (χ2v) is 5.00. The molecule has 0 bridgehead atoms. The van der Waals surface area contributed by atoms with Gasteiger partial charge in [-0.25, -0.2) is 0 Å². The van der Waals surface area contributed by atoms with Crippen molar-refractivity contribution in [3.63, 3.8) is 0 Å². The molecule has 0 amide bonds. The number of hydrogen-bond acceptors (Lipinski definition) is 1. The molecule has 2 atom stereocenters. The molecule has 1 heteroatoms. The summed E-state index contributed by atoms with van der Waals surface area (Å²) >= 11 is 0. The predicted molar refractivity (Wildman–Crippen MR) is 47.5 cm³/mol. The summed E-state index contributed by atoms with van der Waals surface area (Å²) in [6, 6.07) is 0.734. The van der Waals surface area contributed by atoms with Crippen LogP contribution in [0.25, 0.3) is 0 Å². The van der Waals surface area contributed by atoms with Gasteiger partial charge in [-0.05, 0) is 46.0 Å². The number of rotatable bonds is 1. The molecule has 0 spiro atoms. The fourth-order valence-electron chi connectivity index (χ4n) is 2.89. The molecule has 2 unspecified atom stereocenters. The largest absolute Gasteiger partial charge is 0.295 e. The molecule has 0 N–H and O–H groups in total. The summed E-state index contributed by atoms with van der Waals surface area (Å²) in [5.74, 6) is 2.07. The van der Waals surface area contributed by atoms with Crippen LogP contribution >= 0.6 is 0 Å². The Bertz CT molecular complexity index is 172. The monoisotopic (exact) mass is 153 g/mol. The van der Waals surface area contributed by atoms with E-state index in [2.05, 4.69) is 32.6 Å². The van der Waals surface area contributed by atoms with E-state index in [1.807, 2.05) is 0 Å². The lowest BCUT2D eigenvalue weighted by atomic mass is 9.97. The summed E-state index contributed by atoms with van der Waals surface area (Å²) in [7, 11) is 0. The van der Waals surface area contributed by atoms with Gasteiger partial charge in [0.05, 0.1) is 0 Å². The maximum Gasteiger partial charge on any atom is 0.0187 e. The van der Waals surface area contributed by atoms with Gasteiger partial charge in [-0.1, -0.05) is 0 Å². The molecule has 2 aliphatic rings. The lowest BCUT2D eigenvalue weighted by molar-refractivity contribution is 0.105. The molecule has 1 saturated carbocycles. The van der Waals surface area contributed by atoms with Gasteiger partial charge < -0.3 is 0 Å². The van der Waals surface area contributed by atoms with Gasteiger partial charge in [0.15, 0.2) is 0 Å². The molecular formula is C10H19N. The number of nitrogens with zero attached hydrogens (tertiary/aromatic N) is 1. The Hall–Kier alpha value is -0.0400. The first-order valence-electron chi connectivity index (χ1n) is 4.80. The second-order valence-electron chi connectivity index (χ2n) is 5.00. The van der Waals surface area contributed by atoms with Crippen LogP contribution in [0.15, 0.2) is 0 Å². The Balaban J connectivity index is 2.14. The molecule has 1 aliphatic carbocycles. The van der Waals surface area contributed by atoms with E-state index in [0.29, 0.717) is 5.54 Å². The van der Waals surface area contributed by atoms with Crippen LogP contribution in [0.3, 0.4) is 0 Å². The summed E-state index contributed by atoms with van der Waals surface area (Å²) in [5, 5.41) is 0. The quantitative estimate of drug-likeness (QED) is 0.558. The van der Waals surface area contributed by atoms with Crippen molar-refractivity contribution in [1.82, 2.24) is 4.90 Å². The Labute approximate surface area is 69.8 Å². The zero-order valence-corrected chi connectivity index (χ0v) is 8.09. The molecule has 1 aliphatic heterocycles. The third-order valence-electron chi connectivity index (χ3n) is 3.62. The van der Waals surface area contributed by atoms with Crippen molar-refractivity contribution in [2.75, 3.05) is 6.54 Å². The number of likely N-dealkylation sites (tertiary alicyclic amines) is 1. The minimum Gasteiger partial charge on any atom is -0.295 e. The molecule has 1 nitrogen and oxygen atoms in total. The number of piperidine rings is 1. The average Bonchev–Trinajstić information content (AvgIpc) is 2.55. The van der Waals surface area contributed by atoms with Gasteiger partial charge in [-0.15, -0.1) is 0 Å². The van der Waals surface area contributed by atoms with Crippen molar-refractivity contribution >= 4 is 0 Å². The third-order valence-corrected chi connectivity index (χ3v) is 3.62. The third kappa shape index (κ3) is 0.936. The van der Waals surface area contributed by atoms with Crippen LogP contribution < -0.4 is 0 Å². The summed E-state index contributed by atoms with van der Waals surface area (Å²) < 4.78 is 0. The molecule has 2 fully saturated rings. The van der Waals surface area contributed by atoms with Gasteiger partial charge in [0, 0.05) is 18.1 Å². The zero-order chi connectivity index (χ0) is 8.22. The van der Waals surface area contributed by atoms with Gasteiger partial charge in [0.1, 0.15) is 0 Å². The smallest absolute Gasteiger partial charge is 0.0187 e. The van der Waals surface area contributed by atoms with E-state index in [1.165, 1.54) is 13.0 Å². The van der Waals surface area contributed by atoms with Crippen LogP contribution in [-0.2, 0) is 0 Å². The van der Waals surface area contributed by atoms with Crippen LogP contribution in [0.1, 0.15) is 34.1 Å². The van der Waals surface area contributed by atoms with Crippen molar-refractivity contribution in [3.8, 4) is 0 Å². The summed E-state index contributed by atoms with van der Waals surface area (Å²) in [4.78, 5) is 2.66. The van der Waals surface area contributed by atoms with Crippen molar-refractivity contribution in [2.24, 2.45) is 11.8 Å². The van der Waals surface area contributed by atoms with E-state index < -0.39 is 0 Å². The minimum atomic E-state index is 0.499. The Morgan fingerprint density at radius 2 is 2.00 bits per heavy atom. The van der Waals surface area contributed by atoms with E-state index >= 15 is 0 Å². The molecule has 0 radical (unpaired) electrons. The molecule has 0 aromatic rings. The second kappa shape index (κ2) is 2.01. The van der Waals surface area contributed by atoms with Gasteiger partial charge in [-0.3, -0.25) is 4.90 Å². The van der Waals surface area contributed by atoms with Crippen LogP contribution in [0, 0.1) is 11.8 Å². The first kappa shape index (κ1) is 7.60. The van der Waals surface area contributed by atoms with Crippen molar-refractivity contribution in [3.05, 3.63) is 0 Å². The maximum atomic E-state index is 2.66. The molecule has 2 rings (SSSR count). The van der Waals surface area contributed by atoms with Crippen molar-refractivity contribution in [2.45, 2.75) is 45.7 Å². The molecule has 64 valence electrons. The zero-order valence-electron chi connectivity index (χ0n) is 8.09. The average molecular weight is 153 g/mol.